The lowest BCUT2D eigenvalue weighted by Crippen LogP contribution is -2.07. The number of benzene rings is 1. The number of rotatable bonds is 2. The lowest BCUT2D eigenvalue weighted by molar-refractivity contribution is -0.141. The second-order valence-electron chi connectivity index (χ2n) is 4.04. The first-order valence-electron chi connectivity index (χ1n) is 5.73. The van der Waals surface area contributed by atoms with E-state index in [1.165, 1.54) is 6.92 Å². The van der Waals surface area contributed by atoms with Gasteiger partial charge in [0.2, 0.25) is 0 Å². The summed E-state index contributed by atoms with van der Waals surface area (Å²) in [6.45, 7) is 3.50. The molecule has 3 nitrogen and oxygen atoms in total. The Morgan fingerprint density at radius 1 is 1.09 bits per heavy atom. The molecule has 2 aromatic rings. The maximum atomic E-state index is 13.5. The molecule has 0 radical (unpaired) electrons. The topological polar surface area (TPSA) is 39.2 Å². The number of nitrogens with zero attached hydrogens (tertiary/aromatic N) is 1. The Hall–Kier alpha value is -2.51. The highest BCUT2D eigenvalue weighted by Gasteiger charge is 2.32. The highest BCUT2D eigenvalue weighted by molar-refractivity contribution is 5.35. The predicted molar refractivity (Wildman–Crippen MR) is 67.5 cm³/mol. The van der Waals surface area contributed by atoms with Gasteiger partial charge in [-0.05, 0) is 36.8 Å². The number of aryl methyl sites for hydroxylation is 1. The first-order chi connectivity index (χ1) is 10.3. The van der Waals surface area contributed by atoms with Crippen LogP contribution in [-0.2, 0) is 11.0 Å². The van der Waals surface area contributed by atoms with Crippen molar-refractivity contribution >= 4 is 6.79 Å². The Kier molecular flexibility index (Phi) is 5.56. The molecule has 0 spiro atoms. The van der Waals surface area contributed by atoms with E-state index in [0.717, 1.165) is 24.4 Å². The minimum absolute atomic E-state index is 0.195. The second kappa shape index (κ2) is 6.97. The number of halogens is 5. The van der Waals surface area contributed by atoms with Crippen LogP contribution in [0.3, 0.4) is 0 Å². The number of ether oxygens (including phenoxy) is 1. The average Bonchev–Trinajstić information content (AvgIpc) is 2.44. The van der Waals surface area contributed by atoms with E-state index in [2.05, 4.69) is 4.98 Å². The van der Waals surface area contributed by atoms with E-state index in [1.807, 2.05) is 6.79 Å². The van der Waals surface area contributed by atoms with Crippen LogP contribution in [0.2, 0.25) is 0 Å². The SMILES string of the molecule is C=O.Cc1cc(F)c(Oc2ccc(C(F)(F)F)nc2)c(F)c1. The molecular formula is C14H10F5NO2. The Labute approximate surface area is 122 Å². The van der Waals surface area contributed by atoms with Gasteiger partial charge in [-0.3, -0.25) is 0 Å². The van der Waals surface area contributed by atoms with E-state index < -0.39 is 29.3 Å². The summed E-state index contributed by atoms with van der Waals surface area (Å²) >= 11 is 0. The van der Waals surface area contributed by atoms with Crippen molar-refractivity contribution in [3.8, 4) is 11.5 Å². The predicted octanol–water partition coefficient (Wildman–Crippen LogP) is 4.29. The third kappa shape index (κ3) is 4.24. The molecule has 22 heavy (non-hydrogen) atoms. The fourth-order valence-electron chi connectivity index (χ4n) is 1.51. The number of pyridine rings is 1. The van der Waals surface area contributed by atoms with Gasteiger partial charge in [0.1, 0.15) is 18.2 Å². The molecule has 0 atom stereocenters. The molecule has 1 aromatic heterocycles. The van der Waals surface area contributed by atoms with Gasteiger partial charge >= 0.3 is 6.18 Å². The van der Waals surface area contributed by atoms with Crippen molar-refractivity contribution in [3.05, 3.63) is 53.4 Å². The molecule has 0 amide bonds. The lowest BCUT2D eigenvalue weighted by atomic mass is 10.2. The van der Waals surface area contributed by atoms with Gasteiger partial charge in [0.25, 0.3) is 0 Å². The quantitative estimate of drug-likeness (QED) is 0.775. The van der Waals surface area contributed by atoms with Crippen molar-refractivity contribution in [2.75, 3.05) is 0 Å². The van der Waals surface area contributed by atoms with Gasteiger partial charge in [-0.15, -0.1) is 0 Å². The summed E-state index contributed by atoms with van der Waals surface area (Å²) in [6, 6.07) is 3.71. The van der Waals surface area contributed by atoms with Crippen LogP contribution in [-0.4, -0.2) is 11.8 Å². The summed E-state index contributed by atoms with van der Waals surface area (Å²) in [4.78, 5) is 11.1. The third-order valence-electron chi connectivity index (χ3n) is 2.39. The summed E-state index contributed by atoms with van der Waals surface area (Å²) in [7, 11) is 0. The van der Waals surface area contributed by atoms with Crippen molar-refractivity contribution in [1.29, 1.82) is 0 Å². The summed E-state index contributed by atoms with van der Waals surface area (Å²) < 4.78 is 68.8. The molecule has 2 rings (SSSR count). The zero-order chi connectivity index (χ0) is 16.9. The normalized spacial score (nSPS) is 10.6. The van der Waals surface area contributed by atoms with Crippen LogP contribution < -0.4 is 4.74 Å². The van der Waals surface area contributed by atoms with Crippen molar-refractivity contribution in [2.24, 2.45) is 0 Å². The molecule has 1 aromatic carbocycles. The average molecular weight is 319 g/mol. The van der Waals surface area contributed by atoms with Gasteiger partial charge in [0.15, 0.2) is 17.4 Å². The molecule has 0 aliphatic rings. The summed E-state index contributed by atoms with van der Waals surface area (Å²) in [5, 5.41) is 0. The number of carbonyl (C=O) groups excluding carboxylic acids is 1. The number of carbonyl (C=O) groups is 1. The van der Waals surface area contributed by atoms with E-state index in [-0.39, 0.29) is 5.75 Å². The van der Waals surface area contributed by atoms with E-state index in [9.17, 15) is 22.0 Å². The number of hydrogen-bond acceptors (Lipinski definition) is 3. The van der Waals surface area contributed by atoms with Crippen molar-refractivity contribution in [3.63, 3.8) is 0 Å². The van der Waals surface area contributed by atoms with Crippen LogP contribution >= 0.6 is 0 Å². The van der Waals surface area contributed by atoms with E-state index in [0.29, 0.717) is 11.6 Å². The van der Waals surface area contributed by atoms with Crippen LogP contribution in [0.1, 0.15) is 11.3 Å². The zero-order valence-electron chi connectivity index (χ0n) is 11.2. The molecule has 0 aliphatic carbocycles. The molecule has 1 heterocycles. The van der Waals surface area contributed by atoms with Gasteiger partial charge in [-0.1, -0.05) is 0 Å². The molecule has 0 saturated carbocycles. The van der Waals surface area contributed by atoms with Crippen molar-refractivity contribution < 1.29 is 31.5 Å². The van der Waals surface area contributed by atoms with Crippen molar-refractivity contribution in [1.82, 2.24) is 4.98 Å². The minimum Gasteiger partial charge on any atom is -0.450 e. The van der Waals surface area contributed by atoms with E-state index >= 15 is 0 Å². The first kappa shape index (κ1) is 17.5. The van der Waals surface area contributed by atoms with Crippen LogP contribution in [0.25, 0.3) is 0 Å². The smallest absolute Gasteiger partial charge is 0.433 e. The molecule has 0 fully saturated rings. The monoisotopic (exact) mass is 319 g/mol. The third-order valence-corrected chi connectivity index (χ3v) is 2.39. The Balaban J connectivity index is 0.00000116. The Morgan fingerprint density at radius 3 is 2.05 bits per heavy atom. The van der Waals surface area contributed by atoms with Gasteiger partial charge in [0, 0.05) is 0 Å². The lowest BCUT2D eigenvalue weighted by Gasteiger charge is -2.10. The van der Waals surface area contributed by atoms with Gasteiger partial charge in [-0.25, -0.2) is 13.8 Å². The highest BCUT2D eigenvalue weighted by atomic mass is 19.4. The standard InChI is InChI=1S/C13H8F5NO.CH2O/c1-7-4-9(14)12(10(15)5-7)20-8-2-3-11(19-6-8)13(16,17)18;1-2/h2-6H,1H3;1H2. The molecule has 0 unspecified atom stereocenters. The summed E-state index contributed by atoms with van der Waals surface area (Å²) in [6.07, 6.45) is -3.83. The maximum Gasteiger partial charge on any atom is 0.433 e. The highest BCUT2D eigenvalue weighted by Crippen LogP contribution is 2.31. The molecule has 0 bridgehead atoms. The van der Waals surface area contributed by atoms with Crippen LogP contribution in [0.5, 0.6) is 11.5 Å². The van der Waals surface area contributed by atoms with Crippen LogP contribution in [0.4, 0.5) is 22.0 Å². The zero-order valence-corrected chi connectivity index (χ0v) is 11.2. The fourth-order valence-corrected chi connectivity index (χ4v) is 1.51. The van der Waals surface area contributed by atoms with E-state index in [4.69, 9.17) is 9.53 Å². The maximum absolute atomic E-state index is 13.5. The summed E-state index contributed by atoms with van der Waals surface area (Å²) in [5.74, 6) is -2.76. The molecule has 0 N–H and O–H groups in total. The van der Waals surface area contributed by atoms with Gasteiger partial charge in [-0.2, -0.15) is 13.2 Å². The molecular weight excluding hydrogens is 309 g/mol. The number of alkyl halides is 3. The molecule has 8 heteroatoms. The van der Waals surface area contributed by atoms with Crippen LogP contribution in [0.15, 0.2) is 30.5 Å². The Morgan fingerprint density at radius 2 is 1.64 bits per heavy atom. The van der Waals surface area contributed by atoms with E-state index in [1.54, 1.807) is 0 Å². The molecule has 0 saturated heterocycles. The van der Waals surface area contributed by atoms with Gasteiger partial charge < -0.3 is 9.53 Å². The fraction of sp³-hybridized carbons (Fsp3) is 0.143. The molecule has 0 aliphatic heterocycles. The Bertz CT molecular complexity index is 618. The minimum atomic E-state index is -4.58. The molecule has 118 valence electrons. The first-order valence-corrected chi connectivity index (χ1v) is 5.73. The van der Waals surface area contributed by atoms with Gasteiger partial charge in [0.05, 0.1) is 6.20 Å². The van der Waals surface area contributed by atoms with Crippen molar-refractivity contribution in [2.45, 2.75) is 13.1 Å². The number of aromatic nitrogens is 1. The van der Waals surface area contributed by atoms with Crippen LogP contribution in [0, 0.1) is 18.6 Å². The second-order valence-corrected chi connectivity index (χ2v) is 4.04. The summed E-state index contributed by atoms with van der Waals surface area (Å²) in [5.41, 5.74) is -0.757. The largest absolute Gasteiger partial charge is 0.450 e. The number of hydrogen-bond donors (Lipinski definition) is 0.